The van der Waals surface area contributed by atoms with Crippen LogP contribution in [0, 0.1) is 5.92 Å². The Kier molecular flexibility index (Phi) is 8.79. The van der Waals surface area contributed by atoms with Crippen molar-refractivity contribution in [3.05, 3.63) is 66.4 Å². The third-order valence-electron chi connectivity index (χ3n) is 5.43. The lowest BCUT2D eigenvalue weighted by atomic mass is 10.0. The first-order valence-electron chi connectivity index (χ1n) is 11.5. The topological polar surface area (TPSA) is 141 Å². The second-order valence-electron chi connectivity index (χ2n) is 8.98. The van der Waals surface area contributed by atoms with Crippen molar-refractivity contribution >= 4 is 21.9 Å². The van der Waals surface area contributed by atoms with Crippen LogP contribution >= 0.6 is 0 Å². The average Bonchev–Trinajstić information content (AvgIpc) is 3.26. The van der Waals surface area contributed by atoms with Gasteiger partial charge in [0.25, 0.3) is 0 Å². The number of carbonyl (C=O) groups excluding carboxylic acids is 1. The van der Waals surface area contributed by atoms with Gasteiger partial charge in [-0.15, -0.1) is 0 Å². The SMILES string of the molecule is CC(=O)Nc1nc(-c2ccc(S(=O)(=O)N(CC(C)C)C[C@@H](O)[C@@H](N)Cc3ccccc3)cc2)c[nH]1. The van der Waals surface area contributed by atoms with Gasteiger partial charge in [0.15, 0.2) is 0 Å². The van der Waals surface area contributed by atoms with Gasteiger partial charge in [0.2, 0.25) is 21.9 Å². The van der Waals surface area contributed by atoms with Crippen LogP contribution in [0.5, 0.6) is 0 Å². The molecular formula is C25H33N5O4S. The van der Waals surface area contributed by atoms with Crippen molar-refractivity contribution in [2.45, 2.75) is 44.2 Å². The highest BCUT2D eigenvalue weighted by Gasteiger charge is 2.29. The van der Waals surface area contributed by atoms with Gasteiger partial charge in [0, 0.05) is 37.8 Å². The maximum Gasteiger partial charge on any atom is 0.243 e. The van der Waals surface area contributed by atoms with E-state index in [4.69, 9.17) is 5.73 Å². The van der Waals surface area contributed by atoms with Gasteiger partial charge in [-0.05, 0) is 30.0 Å². The molecule has 2 aromatic carbocycles. The quantitative estimate of drug-likeness (QED) is 0.320. The summed E-state index contributed by atoms with van der Waals surface area (Å²) in [5, 5.41) is 13.3. The number of carbonyl (C=O) groups is 1. The second-order valence-corrected chi connectivity index (χ2v) is 10.9. The van der Waals surface area contributed by atoms with Gasteiger partial charge in [-0.2, -0.15) is 4.31 Å². The van der Waals surface area contributed by atoms with E-state index in [-0.39, 0.29) is 29.8 Å². The van der Waals surface area contributed by atoms with E-state index < -0.39 is 22.2 Å². The summed E-state index contributed by atoms with van der Waals surface area (Å²) in [6, 6.07) is 15.3. The van der Waals surface area contributed by atoms with Crippen molar-refractivity contribution < 1.29 is 18.3 Å². The number of imidazole rings is 1. The second kappa shape index (κ2) is 11.6. The van der Waals surface area contributed by atoms with Gasteiger partial charge in [-0.1, -0.05) is 56.3 Å². The van der Waals surface area contributed by atoms with Crippen LogP contribution < -0.4 is 11.1 Å². The van der Waals surface area contributed by atoms with Crippen LogP contribution in [0.25, 0.3) is 11.3 Å². The third kappa shape index (κ3) is 7.22. The fraction of sp³-hybridized carbons (Fsp3) is 0.360. The van der Waals surface area contributed by atoms with E-state index in [0.717, 1.165) is 5.56 Å². The van der Waals surface area contributed by atoms with Crippen molar-refractivity contribution in [2.24, 2.45) is 11.7 Å². The number of aliphatic hydroxyl groups is 1. The van der Waals surface area contributed by atoms with E-state index in [1.807, 2.05) is 44.2 Å². The Morgan fingerprint density at radius 2 is 1.77 bits per heavy atom. The summed E-state index contributed by atoms with van der Waals surface area (Å²) in [6.07, 6.45) is 1.04. The fourth-order valence-corrected chi connectivity index (χ4v) is 5.31. The minimum atomic E-state index is -3.87. The molecule has 5 N–H and O–H groups in total. The van der Waals surface area contributed by atoms with Crippen molar-refractivity contribution in [3.63, 3.8) is 0 Å². The Balaban J connectivity index is 1.76. The zero-order valence-corrected chi connectivity index (χ0v) is 21.0. The van der Waals surface area contributed by atoms with Crippen molar-refractivity contribution in [1.29, 1.82) is 0 Å². The molecule has 188 valence electrons. The third-order valence-corrected chi connectivity index (χ3v) is 7.27. The summed E-state index contributed by atoms with van der Waals surface area (Å²) in [5.41, 5.74) is 8.46. The van der Waals surface area contributed by atoms with E-state index in [1.54, 1.807) is 18.3 Å². The number of nitrogens with zero attached hydrogens (tertiary/aromatic N) is 2. The monoisotopic (exact) mass is 499 g/mol. The predicted octanol–water partition coefficient (Wildman–Crippen LogP) is 2.61. The molecule has 9 nitrogen and oxygen atoms in total. The lowest BCUT2D eigenvalue weighted by Gasteiger charge is -2.28. The molecule has 35 heavy (non-hydrogen) atoms. The average molecular weight is 500 g/mol. The Bertz CT molecular complexity index is 1210. The Morgan fingerprint density at radius 1 is 1.11 bits per heavy atom. The molecule has 0 saturated carbocycles. The maximum absolute atomic E-state index is 13.5. The highest BCUT2D eigenvalue weighted by molar-refractivity contribution is 7.89. The van der Waals surface area contributed by atoms with Gasteiger partial charge in [-0.25, -0.2) is 13.4 Å². The van der Waals surface area contributed by atoms with Crippen molar-refractivity contribution in [2.75, 3.05) is 18.4 Å². The van der Waals surface area contributed by atoms with E-state index >= 15 is 0 Å². The van der Waals surface area contributed by atoms with Gasteiger partial charge >= 0.3 is 0 Å². The van der Waals surface area contributed by atoms with Gasteiger partial charge in [0.1, 0.15) is 0 Å². The number of aliphatic hydroxyl groups excluding tert-OH is 1. The molecule has 0 fully saturated rings. The number of nitrogens with two attached hydrogens (primary N) is 1. The van der Waals surface area contributed by atoms with Crippen LogP contribution in [-0.2, 0) is 21.2 Å². The summed E-state index contributed by atoms with van der Waals surface area (Å²) in [4.78, 5) is 18.5. The maximum atomic E-state index is 13.5. The van der Waals surface area contributed by atoms with Gasteiger partial charge in [0.05, 0.1) is 16.7 Å². The smallest absolute Gasteiger partial charge is 0.243 e. The van der Waals surface area contributed by atoms with Gasteiger partial charge < -0.3 is 15.8 Å². The first kappa shape index (κ1) is 26.6. The minimum absolute atomic E-state index is 0.0536. The van der Waals surface area contributed by atoms with E-state index in [0.29, 0.717) is 23.6 Å². The van der Waals surface area contributed by atoms with Crippen molar-refractivity contribution in [1.82, 2.24) is 14.3 Å². The number of benzene rings is 2. The molecule has 0 aliphatic carbocycles. The normalized spacial score (nSPS) is 13.7. The summed E-state index contributed by atoms with van der Waals surface area (Å²) in [6.45, 7) is 5.38. The molecule has 3 rings (SSSR count). The highest BCUT2D eigenvalue weighted by atomic mass is 32.2. The summed E-state index contributed by atoms with van der Waals surface area (Å²) in [7, 11) is -3.87. The number of aromatic nitrogens is 2. The molecule has 10 heteroatoms. The number of H-pyrrole nitrogens is 1. The van der Waals surface area contributed by atoms with Crippen LogP contribution in [0.15, 0.2) is 65.7 Å². The zero-order chi connectivity index (χ0) is 25.6. The number of amides is 1. The molecule has 0 aliphatic heterocycles. The molecule has 3 aromatic rings. The molecule has 1 heterocycles. The number of rotatable bonds is 11. The lowest BCUT2D eigenvalue weighted by molar-refractivity contribution is -0.114. The van der Waals surface area contributed by atoms with Gasteiger partial charge in [-0.3, -0.25) is 10.1 Å². The number of nitrogens with one attached hydrogen (secondary N) is 2. The van der Waals surface area contributed by atoms with E-state index in [1.165, 1.54) is 23.4 Å². The zero-order valence-electron chi connectivity index (χ0n) is 20.2. The number of sulfonamides is 1. The Hall–Kier alpha value is -3.05. The molecular weight excluding hydrogens is 466 g/mol. The Morgan fingerprint density at radius 3 is 2.37 bits per heavy atom. The van der Waals surface area contributed by atoms with E-state index in [2.05, 4.69) is 15.3 Å². The lowest BCUT2D eigenvalue weighted by Crippen LogP contribution is -2.47. The first-order valence-corrected chi connectivity index (χ1v) is 12.9. The summed E-state index contributed by atoms with van der Waals surface area (Å²) in [5.74, 6) is 0.120. The van der Waals surface area contributed by atoms with Crippen LogP contribution in [0.3, 0.4) is 0 Å². The predicted molar refractivity (Wildman–Crippen MR) is 136 cm³/mol. The van der Waals surface area contributed by atoms with E-state index in [9.17, 15) is 18.3 Å². The minimum Gasteiger partial charge on any atom is -0.390 e. The van der Waals surface area contributed by atoms with Crippen LogP contribution in [-0.4, -0.2) is 58.9 Å². The fourth-order valence-electron chi connectivity index (χ4n) is 3.69. The molecule has 1 aromatic heterocycles. The molecule has 0 saturated heterocycles. The van der Waals surface area contributed by atoms with Crippen LogP contribution in [0.1, 0.15) is 26.3 Å². The standard InChI is InChI=1S/C25H33N5O4S/c1-17(2)15-30(16-24(32)22(26)13-19-7-5-4-6-8-19)35(33,34)21-11-9-20(10-12-21)23-14-27-25(29-23)28-18(3)31/h4-12,14,17,22,24,32H,13,15-16,26H2,1-3H3,(H2,27,28,29,31)/t22-,24+/m0/s1. The van der Waals surface area contributed by atoms with Crippen LogP contribution in [0.4, 0.5) is 5.95 Å². The number of hydrogen-bond donors (Lipinski definition) is 4. The molecule has 0 bridgehead atoms. The first-order chi connectivity index (χ1) is 16.6. The van der Waals surface area contributed by atoms with Crippen LogP contribution in [0.2, 0.25) is 0 Å². The molecule has 0 unspecified atom stereocenters. The Labute approximate surface area is 206 Å². The molecule has 0 radical (unpaired) electrons. The summed E-state index contributed by atoms with van der Waals surface area (Å²) < 4.78 is 28.2. The highest BCUT2D eigenvalue weighted by Crippen LogP contribution is 2.24. The van der Waals surface area contributed by atoms with Crippen molar-refractivity contribution in [3.8, 4) is 11.3 Å². The molecule has 2 atom stereocenters. The number of anilines is 1. The molecule has 0 aliphatic rings. The molecule has 0 spiro atoms. The largest absolute Gasteiger partial charge is 0.390 e. The summed E-state index contributed by atoms with van der Waals surface area (Å²) >= 11 is 0. The number of hydrogen-bond acceptors (Lipinski definition) is 6. The molecule has 1 amide bonds. The number of aromatic amines is 1.